The Morgan fingerprint density at radius 1 is 1.27 bits per heavy atom. The number of rotatable bonds is 3. The average molecular weight is 293 g/mol. The predicted octanol–water partition coefficient (Wildman–Crippen LogP) is 3.16. The summed E-state index contributed by atoms with van der Waals surface area (Å²) in [6.45, 7) is 2.70. The summed E-state index contributed by atoms with van der Waals surface area (Å²) in [6, 6.07) is 9.90. The normalized spacial score (nSPS) is 18.0. The molecule has 4 heteroatoms. The van der Waals surface area contributed by atoms with Crippen molar-refractivity contribution in [2.75, 3.05) is 6.54 Å². The van der Waals surface area contributed by atoms with Gasteiger partial charge in [0.15, 0.2) is 0 Å². The molecule has 112 valence electrons. The Hall–Kier alpha value is -2.49. The zero-order valence-corrected chi connectivity index (χ0v) is 12.6. The highest BCUT2D eigenvalue weighted by Crippen LogP contribution is 2.30. The Balaban J connectivity index is 1.75. The van der Waals surface area contributed by atoms with E-state index < -0.39 is 0 Å². The maximum atomic E-state index is 12.5. The smallest absolute Gasteiger partial charge is 0.247 e. The van der Waals surface area contributed by atoms with Gasteiger partial charge in [-0.05, 0) is 31.4 Å². The fraction of sp³-hybridized carbons (Fsp3) is 0.278. The number of likely N-dealkylation sites (tertiary alicyclic amines) is 1. The molecule has 2 heterocycles. The molecule has 1 fully saturated rings. The molecule has 0 radical (unpaired) electrons. The summed E-state index contributed by atoms with van der Waals surface area (Å²) in [4.78, 5) is 23.1. The van der Waals surface area contributed by atoms with Crippen LogP contribution in [0.2, 0.25) is 0 Å². The molecule has 1 atom stereocenters. The van der Waals surface area contributed by atoms with Crippen LogP contribution in [0.3, 0.4) is 0 Å². The van der Waals surface area contributed by atoms with Crippen LogP contribution in [0.1, 0.15) is 35.8 Å². The molecule has 1 saturated heterocycles. The second-order valence-corrected chi connectivity index (χ2v) is 5.52. The van der Waals surface area contributed by atoms with Gasteiger partial charge in [-0.3, -0.25) is 14.8 Å². The maximum absolute atomic E-state index is 12.5. The Kier molecular flexibility index (Phi) is 4.28. The number of hydrogen-bond acceptors (Lipinski definition) is 3. The van der Waals surface area contributed by atoms with E-state index in [4.69, 9.17) is 0 Å². The topological polar surface area (TPSA) is 46.1 Å². The minimum atomic E-state index is 0.0367. The van der Waals surface area contributed by atoms with Crippen LogP contribution in [0.4, 0.5) is 0 Å². The molecular weight excluding hydrogens is 274 g/mol. The van der Waals surface area contributed by atoms with Gasteiger partial charge in [0, 0.05) is 18.8 Å². The Labute approximate surface area is 130 Å². The average Bonchev–Trinajstić information content (AvgIpc) is 3.03. The highest BCUT2D eigenvalue weighted by molar-refractivity contribution is 5.92. The monoisotopic (exact) mass is 293 g/mol. The molecule has 1 amide bonds. The number of hydrogen-bond donors (Lipinski definition) is 0. The summed E-state index contributed by atoms with van der Waals surface area (Å²) in [7, 11) is 0. The lowest BCUT2D eigenvalue weighted by atomic mass is 10.1. The minimum Gasteiger partial charge on any atom is -0.330 e. The second-order valence-electron chi connectivity index (χ2n) is 5.52. The number of aromatic nitrogens is 2. The first-order valence-corrected chi connectivity index (χ1v) is 7.56. The molecule has 4 nitrogen and oxygen atoms in total. The zero-order chi connectivity index (χ0) is 15.4. The van der Waals surface area contributed by atoms with Crippen LogP contribution in [0, 0.1) is 6.92 Å². The highest BCUT2D eigenvalue weighted by atomic mass is 16.2. The lowest BCUT2D eigenvalue weighted by Crippen LogP contribution is -2.29. The summed E-state index contributed by atoms with van der Waals surface area (Å²) in [5.74, 6) is 0.0367. The van der Waals surface area contributed by atoms with E-state index in [1.165, 1.54) is 0 Å². The van der Waals surface area contributed by atoms with Gasteiger partial charge in [0.2, 0.25) is 5.91 Å². The summed E-state index contributed by atoms with van der Waals surface area (Å²) in [5.41, 5.74) is 2.80. The molecule has 1 aliphatic heterocycles. The third-order valence-electron chi connectivity index (χ3n) is 3.87. The molecule has 1 aromatic carbocycles. The van der Waals surface area contributed by atoms with Gasteiger partial charge in [-0.15, -0.1) is 0 Å². The van der Waals surface area contributed by atoms with Crippen LogP contribution >= 0.6 is 0 Å². The van der Waals surface area contributed by atoms with Crippen LogP contribution in [0.5, 0.6) is 0 Å². The quantitative estimate of drug-likeness (QED) is 0.817. The molecular formula is C18H19N3O. The SMILES string of the molecule is Cc1cncc(C2CCCN2C(=O)C=Cc2ccccc2)n1. The van der Waals surface area contributed by atoms with Crippen LogP contribution in [0.25, 0.3) is 6.08 Å². The van der Waals surface area contributed by atoms with Crippen molar-refractivity contribution in [2.24, 2.45) is 0 Å². The van der Waals surface area contributed by atoms with Crippen LogP contribution in [-0.2, 0) is 4.79 Å². The van der Waals surface area contributed by atoms with Gasteiger partial charge in [0.05, 0.1) is 23.6 Å². The minimum absolute atomic E-state index is 0.0367. The molecule has 0 N–H and O–H groups in total. The van der Waals surface area contributed by atoms with Crippen molar-refractivity contribution in [3.05, 3.63) is 65.8 Å². The van der Waals surface area contributed by atoms with Gasteiger partial charge in [0.25, 0.3) is 0 Å². The summed E-state index contributed by atoms with van der Waals surface area (Å²) in [6.07, 6.45) is 8.97. The van der Waals surface area contributed by atoms with Gasteiger partial charge < -0.3 is 4.90 Å². The lowest BCUT2D eigenvalue weighted by Gasteiger charge is -2.22. The standard InChI is InChI=1S/C18H19N3O/c1-14-12-19-13-16(20-14)17-8-5-11-21(17)18(22)10-9-15-6-3-2-4-7-15/h2-4,6-7,9-10,12-13,17H,5,8,11H2,1H3. The van der Waals surface area contributed by atoms with Crippen molar-refractivity contribution in [2.45, 2.75) is 25.8 Å². The molecule has 1 aromatic heterocycles. The van der Waals surface area contributed by atoms with Gasteiger partial charge in [-0.1, -0.05) is 30.3 Å². The van der Waals surface area contributed by atoms with E-state index in [-0.39, 0.29) is 11.9 Å². The van der Waals surface area contributed by atoms with Crippen LogP contribution in [0.15, 0.2) is 48.8 Å². The third kappa shape index (κ3) is 3.22. The van der Waals surface area contributed by atoms with Crippen molar-refractivity contribution in [1.82, 2.24) is 14.9 Å². The molecule has 2 aromatic rings. The Morgan fingerprint density at radius 2 is 2.09 bits per heavy atom. The largest absolute Gasteiger partial charge is 0.330 e. The first-order chi connectivity index (χ1) is 10.7. The van der Waals surface area contributed by atoms with Crippen LogP contribution in [-0.4, -0.2) is 27.3 Å². The van der Waals surface area contributed by atoms with E-state index >= 15 is 0 Å². The molecule has 3 rings (SSSR count). The van der Waals surface area contributed by atoms with E-state index in [1.54, 1.807) is 18.5 Å². The third-order valence-corrected chi connectivity index (χ3v) is 3.87. The Bertz CT molecular complexity index is 682. The second kappa shape index (κ2) is 6.52. The molecule has 0 saturated carbocycles. The molecule has 1 unspecified atom stereocenters. The van der Waals surface area contributed by atoms with Crippen LogP contribution < -0.4 is 0 Å². The van der Waals surface area contributed by atoms with Crippen molar-refractivity contribution >= 4 is 12.0 Å². The van der Waals surface area contributed by atoms with Crippen molar-refractivity contribution in [3.8, 4) is 0 Å². The fourth-order valence-electron chi connectivity index (χ4n) is 2.81. The molecule has 0 aliphatic carbocycles. The summed E-state index contributed by atoms with van der Waals surface area (Å²) < 4.78 is 0. The van der Waals surface area contributed by atoms with E-state index in [9.17, 15) is 4.79 Å². The van der Waals surface area contributed by atoms with E-state index in [0.717, 1.165) is 36.3 Å². The number of carbonyl (C=O) groups is 1. The first kappa shape index (κ1) is 14.4. The molecule has 22 heavy (non-hydrogen) atoms. The van der Waals surface area contributed by atoms with Crippen molar-refractivity contribution in [1.29, 1.82) is 0 Å². The number of aryl methyl sites for hydroxylation is 1. The molecule has 0 spiro atoms. The Morgan fingerprint density at radius 3 is 2.86 bits per heavy atom. The first-order valence-electron chi connectivity index (χ1n) is 7.56. The lowest BCUT2D eigenvalue weighted by molar-refractivity contribution is -0.126. The van der Waals surface area contributed by atoms with E-state index in [0.29, 0.717) is 0 Å². The van der Waals surface area contributed by atoms with Gasteiger partial charge >= 0.3 is 0 Å². The number of nitrogens with zero attached hydrogens (tertiary/aromatic N) is 3. The van der Waals surface area contributed by atoms with Crippen molar-refractivity contribution < 1.29 is 4.79 Å². The summed E-state index contributed by atoms with van der Waals surface area (Å²) in [5, 5.41) is 0. The van der Waals surface area contributed by atoms with Gasteiger partial charge in [-0.25, -0.2) is 0 Å². The number of benzene rings is 1. The molecule has 0 bridgehead atoms. The highest BCUT2D eigenvalue weighted by Gasteiger charge is 2.29. The van der Waals surface area contributed by atoms with E-state index in [1.807, 2.05) is 48.2 Å². The van der Waals surface area contributed by atoms with E-state index in [2.05, 4.69) is 9.97 Å². The molecule has 1 aliphatic rings. The number of amides is 1. The fourth-order valence-corrected chi connectivity index (χ4v) is 2.81. The summed E-state index contributed by atoms with van der Waals surface area (Å²) >= 11 is 0. The number of carbonyl (C=O) groups excluding carboxylic acids is 1. The van der Waals surface area contributed by atoms with Crippen molar-refractivity contribution in [3.63, 3.8) is 0 Å². The zero-order valence-electron chi connectivity index (χ0n) is 12.6. The predicted molar refractivity (Wildman–Crippen MR) is 85.9 cm³/mol. The maximum Gasteiger partial charge on any atom is 0.247 e. The van der Waals surface area contributed by atoms with Gasteiger partial charge in [0.1, 0.15) is 0 Å². The van der Waals surface area contributed by atoms with Gasteiger partial charge in [-0.2, -0.15) is 0 Å².